The Labute approximate surface area is 126 Å². The Morgan fingerprint density at radius 1 is 1.29 bits per heavy atom. The van der Waals surface area contributed by atoms with Crippen molar-refractivity contribution in [2.75, 3.05) is 19.8 Å². The van der Waals surface area contributed by atoms with E-state index < -0.39 is 0 Å². The zero-order chi connectivity index (χ0) is 15.1. The van der Waals surface area contributed by atoms with E-state index in [2.05, 4.69) is 24.2 Å². The van der Waals surface area contributed by atoms with E-state index in [1.807, 2.05) is 18.2 Å². The van der Waals surface area contributed by atoms with E-state index in [-0.39, 0.29) is 0 Å². The van der Waals surface area contributed by atoms with Crippen LogP contribution in [0.4, 0.5) is 0 Å². The SMILES string of the molecule is CC(C)CCNC(N)=NCc1ccc2c(c1)OCCCO2. The molecule has 116 valence electrons. The Morgan fingerprint density at radius 3 is 2.81 bits per heavy atom. The van der Waals surface area contributed by atoms with Gasteiger partial charge in [-0.25, -0.2) is 4.99 Å². The van der Waals surface area contributed by atoms with Crippen LogP contribution < -0.4 is 20.5 Å². The maximum Gasteiger partial charge on any atom is 0.188 e. The minimum atomic E-state index is 0.489. The summed E-state index contributed by atoms with van der Waals surface area (Å²) in [4.78, 5) is 4.35. The van der Waals surface area contributed by atoms with Crippen LogP contribution in [0, 0.1) is 5.92 Å². The molecule has 0 spiro atoms. The summed E-state index contributed by atoms with van der Waals surface area (Å²) >= 11 is 0. The van der Waals surface area contributed by atoms with Crippen molar-refractivity contribution in [1.82, 2.24) is 5.32 Å². The molecule has 0 bridgehead atoms. The number of nitrogens with two attached hydrogens (primary N) is 1. The van der Waals surface area contributed by atoms with Crippen molar-refractivity contribution in [3.63, 3.8) is 0 Å². The third kappa shape index (κ3) is 5.17. The van der Waals surface area contributed by atoms with Crippen LogP contribution in [0.3, 0.4) is 0 Å². The number of rotatable bonds is 5. The number of fused-ring (bicyclic) bond motifs is 1. The van der Waals surface area contributed by atoms with Gasteiger partial charge in [0.25, 0.3) is 0 Å². The van der Waals surface area contributed by atoms with Crippen LogP contribution >= 0.6 is 0 Å². The number of benzene rings is 1. The van der Waals surface area contributed by atoms with Crippen molar-refractivity contribution in [2.45, 2.75) is 33.2 Å². The van der Waals surface area contributed by atoms with Gasteiger partial charge in [0.2, 0.25) is 0 Å². The van der Waals surface area contributed by atoms with Crippen LogP contribution in [0.25, 0.3) is 0 Å². The van der Waals surface area contributed by atoms with E-state index in [0.29, 0.717) is 31.6 Å². The smallest absolute Gasteiger partial charge is 0.188 e. The Kier molecular flexibility index (Phi) is 5.72. The second-order valence-corrected chi connectivity index (χ2v) is 5.64. The predicted molar refractivity (Wildman–Crippen MR) is 84.8 cm³/mol. The summed E-state index contributed by atoms with van der Waals surface area (Å²) < 4.78 is 11.3. The summed E-state index contributed by atoms with van der Waals surface area (Å²) in [6.07, 6.45) is 2.00. The lowest BCUT2D eigenvalue weighted by Crippen LogP contribution is -2.32. The van der Waals surface area contributed by atoms with Crippen molar-refractivity contribution in [2.24, 2.45) is 16.6 Å². The van der Waals surface area contributed by atoms with Gasteiger partial charge in [-0.05, 0) is 30.0 Å². The number of guanidine groups is 1. The number of hydrogen-bond donors (Lipinski definition) is 2. The molecule has 1 aliphatic rings. The van der Waals surface area contributed by atoms with Gasteiger partial charge < -0.3 is 20.5 Å². The van der Waals surface area contributed by atoms with Gasteiger partial charge >= 0.3 is 0 Å². The molecule has 0 fully saturated rings. The summed E-state index contributed by atoms with van der Waals surface area (Å²) in [5.41, 5.74) is 6.92. The van der Waals surface area contributed by atoms with Gasteiger partial charge in [-0.1, -0.05) is 19.9 Å². The molecule has 1 aliphatic heterocycles. The first-order valence-electron chi connectivity index (χ1n) is 7.57. The fraction of sp³-hybridized carbons (Fsp3) is 0.562. The molecule has 0 aromatic heterocycles. The molecule has 1 aromatic rings. The average molecular weight is 291 g/mol. The second-order valence-electron chi connectivity index (χ2n) is 5.64. The molecule has 2 rings (SSSR count). The topological polar surface area (TPSA) is 68.9 Å². The summed E-state index contributed by atoms with van der Waals surface area (Å²) in [5, 5.41) is 3.13. The molecule has 0 radical (unpaired) electrons. The zero-order valence-corrected chi connectivity index (χ0v) is 12.9. The summed E-state index contributed by atoms with van der Waals surface area (Å²) in [6, 6.07) is 5.91. The lowest BCUT2D eigenvalue weighted by Gasteiger charge is -2.09. The Morgan fingerprint density at radius 2 is 2.05 bits per heavy atom. The molecule has 5 heteroatoms. The van der Waals surface area contributed by atoms with Gasteiger partial charge in [0, 0.05) is 13.0 Å². The highest BCUT2D eigenvalue weighted by Crippen LogP contribution is 2.30. The summed E-state index contributed by atoms with van der Waals surface area (Å²) in [5.74, 6) is 2.75. The maximum atomic E-state index is 5.85. The lowest BCUT2D eigenvalue weighted by molar-refractivity contribution is 0.297. The van der Waals surface area contributed by atoms with Crippen LogP contribution in [0.15, 0.2) is 23.2 Å². The molecule has 21 heavy (non-hydrogen) atoms. The van der Waals surface area contributed by atoms with Crippen LogP contribution in [-0.4, -0.2) is 25.7 Å². The molecule has 3 N–H and O–H groups in total. The van der Waals surface area contributed by atoms with E-state index in [0.717, 1.165) is 36.4 Å². The molecule has 1 heterocycles. The quantitative estimate of drug-likeness (QED) is 0.645. The first-order valence-corrected chi connectivity index (χ1v) is 7.57. The Bertz CT molecular complexity index is 486. The van der Waals surface area contributed by atoms with Crippen LogP contribution in [-0.2, 0) is 6.54 Å². The minimum Gasteiger partial charge on any atom is -0.490 e. The molecular weight excluding hydrogens is 266 g/mol. The third-order valence-electron chi connectivity index (χ3n) is 3.27. The van der Waals surface area contributed by atoms with Gasteiger partial charge in [-0.3, -0.25) is 0 Å². The first-order chi connectivity index (χ1) is 10.1. The molecule has 0 unspecified atom stereocenters. The predicted octanol–water partition coefficient (Wildman–Crippen LogP) is 2.30. The van der Waals surface area contributed by atoms with E-state index in [9.17, 15) is 0 Å². The highest BCUT2D eigenvalue weighted by Gasteiger charge is 2.10. The van der Waals surface area contributed by atoms with E-state index in [1.54, 1.807) is 0 Å². The van der Waals surface area contributed by atoms with Crippen LogP contribution in [0.1, 0.15) is 32.3 Å². The Hall–Kier alpha value is -1.91. The molecule has 0 atom stereocenters. The molecule has 0 aliphatic carbocycles. The molecule has 1 aromatic carbocycles. The molecule has 0 amide bonds. The number of hydrogen-bond acceptors (Lipinski definition) is 3. The first kappa shape index (κ1) is 15.5. The fourth-order valence-corrected chi connectivity index (χ4v) is 2.03. The number of ether oxygens (including phenoxy) is 2. The molecule has 5 nitrogen and oxygen atoms in total. The van der Waals surface area contributed by atoms with Crippen LogP contribution in [0.5, 0.6) is 11.5 Å². The highest BCUT2D eigenvalue weighted by atomic mass is 16.5. The van der Waals surface area contributed by atoms with Gasteiger partial charge in [0.15, 0.2) is 17.5 Å². The average Bonchev–Trinajstić information content (AvgIpc) is 2.69. The van der Waals surface area contributed by atoms with Gasteiger partial charge in [0.1, 0.15) is 0 Å². The second kappa shape index (κ2) is 7.76. The van der Waals surface area contributed by atoms with E-state index in [4.69, 9.17) is 15.2 Å². The van der Waals surface area contributed by atoms with Crippen LogP contribution in [0.2, 0.25) is 0 Å². The van der Waals surface area contributed by atoms with E-state index >= 15 is 0 Å². The van der Waals surface area contributed by atoms with Gasteiger partial charge in [-0.2, -0.15) is 0 Å². The van der Waals surface area contributed by atoms with Crippen molar-refractivity contribution >= 4 is 5.96 Å². The Balaban J connectivity index is 1.89. The summed E-state index contributed by atoms with van der Waals surface area (Å²) in [6.45, 7) is 7.17. The van der Waals surface area contributed by atoms with Gasteiger partial charge in [0.05, 0.1) is 19.8 Å². The standard InChI is InChI=1S/C16H25N3O2/c1-12(2)6-7-18-16(17)19-11-13-4-5-14-15(10-13)21-9-3-8-20-14/h4-5,10,12H,3,6-9,11H2,1-2H3,(H3,17,18,19). The van der Waals surface area contributed by atoms with Gasteiger partial charge in [-0.15, -0.1) is 0 Å². The lowest BCUT2D eigenvalue weighted by atomic mass is 10.1. The van der Waals surface area contributed by atoms with Crippen molar-refractivity contribution in [3.05, 3.63) is 23.8 Å². The number of nitrogens with zero attached hydrogens (tertiary/aromatic N) is 1. The van der Waals surface area contributed by atoms with Crippen molar-refractivity contribution in [3.8, 4) is 11.5 Å². The molecular formula is C16H25N3O2. The number of aliphatic imine (C=N–C) groups is 1. The zero-order valence-electron chi connectivity index (χ0n) is 12.9. The highest BCUT2D eigenvalue weighted by molar-refractivity contribution is 5.77. The molecule has 0 saturated carbocycles. The van der Waals surface area contributed by atoms with Crippen molar-refractivity contribution in [1.29, 1.82) is 0 Å². The number of nitrogens with one attached hydrogen (secondary N) is 1. The molecule has 0 saturated heterocycles. The van der Waals surface area contributed by atoms with E-state index in [1.165, 1.54) is 0 Å². The third-order valence-corrected chi connectivity index (χ3v) is 3.27. The fourth-order valence-electron chi connectivity index (χ4n) is 2.03. The normalized spacial score (nSPS) is 14.9. The maximum absolute atomic E-state index is 5.85. The summed E-state index contributed by atoms with van der Waals surface area (Å²) in [7, 11) is 0. The minimum absolute atomic E-state index is 0.489. The van der Waals surface area contributed by atoms with Crippen molar-refractivity contribution < 1.29 is 9.47 Å². The monoisotopic (exact) mass is 291 g/mol. The largest absolute Gasteiger partial charge is 0.490 e.